The van der Waals surface area contributed by atoms with E-state index in [1.807, 2.05) is 0 Å². The predicted octanol–water partition coefficient (Wildman–Crippen LogP) is 2.67. The first-order chi connectivity index (χ1) is 9.19. The van der Waals surface area contributed by atoms with E-state index in [1.54, 1.807) is 19.1 Å². The van der Waals surface area contributed by atoms with Crippen LogP contribution in [0.1, 0.15) is 31.4 Å². The van der Waals surface area contributed by atoms with Gasteiger partial charge < -0.3 is 14.3 Å². The molecule has 0 amide bonds. The lowest BCUT2D eigenvalue weighted by molar-refractivity contribution is -0.139. The molecule has 0 aromatic carbocycles. The Labute approximate surface area is 111 Å². The van der Waals surface area contributed by atoms with Crippen LogP contribution in [0.4, 0.5) is 0 Å². The molecule has 0 unspecified atom stereocenters. The van der Waals surface area contributed by atoms with E-state index in [0.29, 0.717) is 18.6 Å². The van der Waals surface area contributed by atoms with Gasteiger partial charge in [0, 0.05) is 6.42 Å². The molecule has 2 atom stereocenters. The largest absolute Gasteiger partial charge is 0.512 e. The maximum Gasteiger partial charge on any atom is 0.338 e. The molecule has 0 radical (unpaired) electrons. The van der Waals surface area contributed by atoms with Crippen LogP contribution in [-0.2, 0) is 9.53 Å². The van der Waals surface area contributed by atoms with Gasteiger partial charge in [-0.05, 0) is 25.5 Å². The SMILES string of the molecule is CCOC(=O)C1=C(O)CC[C@@H](C#N)[C@@H]1c1ccco1. The predicted molar refractivity (Wildman–Crippen MR) is 66.1 cm³/mol. The molecule has 1 aliphatic rings. The summed E-state index contributed by atoms with van der Waals surface area (Å²) >= 11 is 0. The van der Waals surface area contributed by atoms with Crippen LogP contribution in [0.5, 0.6) is 0 Å². The van der Waals surface area contributed by atoms with Crippen molar-refractivity contribution in [1.82, 2.24) is 0 Å². The van der Waals surface area contributed by atoms with E-state index < -0.39 is 17.8 Å². The van der Waals surface area contributed by atoms with Crippen LogP contribution >= 0.6 is 0 Å². The van der Waals surface area contributed by atoms with Crippen molar-refractivity contribution in [3.05, 3.63) is 35.5 Å². The zero-order chi connectivity index (χ0) is 13.8. The summed E-state index contributed by atoms with van der Waals surface area (Å²) < 4.78 is 10.3. The van der Waals surface area contributed by atoms with Crippen molar-refractivity contribution in [2.24, 2.45) is 5.92 Å². The highest BCUT2D eigenvalue weighted by Crippen LogP contribution is 2.41. The molecule has 1 N–H and O–H groups in total. The summed E-state index contributed by atoms with van der Waals surface area (Å²) in [7, 11) is 0. The van der Waals surface area contributed by atoms with Gasteiger partial charge in [-0.15, -0.1) is 0 Å². The number of ether oxygens (including phenoxy) is 1. The van der Waals surface area contributed by atoms with Crippen molar-refractivity contribution in [3.63, 3.8) is 0 Å². The van der Waals surface area contributed by atoms with E-state index in [4.69, 9.17) is 9.15 Å². The zero-order valence-corrected chi connectivity index (χ0v) is 10.6. The fourth-order valence-corrected chi connectivity index (χ4v) is 2.38. The monoisotopic (exact) mass is 261 g/mol. The maximum atomic E-state index is 12.0. The van der Waals surface area contributed by atoms with Crippen molar-refractivity contribution in [2.45, 2.75) is 25.7 Å². The van der Waals surface area contributed by atoms with Crippen LogP contribution in [0, 0.1) is 17.2 Å². The molecule has 0 bridgehead atoms. The smallest absolute Gasteiger partial charge is 0.338 e. The first kappa shape index (κ1) is 13.2. The first-order valence-electron chi connectivity index (χ1n) is 6.21. The highest BCUT2D eigenvalue weighted by atomic mass is 16.5. The van der Waals surface area contributed by atoms with Gasteiger partial charge in [-0.3, -0.25) is 0 Å². The van der Waals surface area contributed by atoms with Crippen molar-refractivity contribution in [1.29, 1.82) is 5.26 Å². The molecule has 1 aliphatic carbocycles. The second-order valence-electron chi connectivity index (χ2n) is 4.35. The minimum atomic E-state index is -0.582. The molecule has 0 fully saturated rings. The molecule has 2 rings (SSSR count). The molecule has 100 valence electrons. The van der Waals surface area contributed by atoms with Crippen LogP contribution in [0.3, 0.4) is 0 Å². The third kappa shape index (κ3) is 2.48. The Hall–Kier alpha value is -2.22. The van der Waals surface area contributed by atoms with Crippen LogP contribution in [-0.4, -0.2) is 17.7 Å². The Bertz CT molecular complexity index is 524. The molecule has 1 aromatic heterocycles. The number of hydrogen-bond acceptors (Lipinski definition) is 5. The summed E-state index contributed by atoms with van der Waals surface area (Å²) in [6.45, 7) is 1.92. The number of rotatable bonds is 3. The van der Waals surface area contributed by atoms with Gasteiger partial charge in [-0.25, -0.2) is 4.79 Å². The number of carbonyl (C=O) groups excluding carboxylic acids is 1. The molecule has 19 heavy (non-hydrogen) atoms. The number of nitriles is 1. The molecule has 0 saturated heterocycles. The minimum Gasteiger partial charge on any atom is -0.512 e. The summed E-state index contributed by atoms with van der Waals surface area (Å²) in [5.41, 5.74) is 0.148. The lowest BCUT2D eigenvalue weighted by atomic mass is 9.76. The Balaban J connectivity index is 2.44. The molecule has 5 nitrogen and oxygen atoms in total. The van der Waals surface area contributed by atoms with E-state index in [9.17, 15) is 15.2 Å². The molecule has 1 aromatic rings. The maximum absolute atomic E-state index is 12.0. The molecule has 5 heteroatoms. The number of hydrogen-bond donors (Lipinski definition) is 1. The standard InChI is InChI=1S/C14H15NO4/c1-2-18-14(17)13-10(16)6-5-9(8-15)12(13)11-4-3-7-19-11/h3-4,7,9,12,16H,2,5-6H2,1H3/t9-,12+/m0/s1. The van der Waals surface area contributed by atoms with Crippen molar-refractivity contribution < 1.29 is 19.1 Å². The second-order valence-corrected chi connectivity index (χ2v) is 4.35. The normalized spacial score (nSPS) is 22.9. The Morgan fingerprint density at radius 1 is 1.68 bits per heavy atom. The lowest BCUT2D eigenvalue weighted by Crippen LogP contribution is -2.26. The minimum absolute atomic E-state index is 0.00801. The average Bonchev–Trinajstić information content (AvgIpc) is 2.92. The number of carbonyl (C=O) groups is 1. The summed E-state index contributed by atoms with van der Waals surface area (Å²) in [4.78, 5) is 12.0. The van der Waals surface area contributed by atoms with Crippen LogP contribution in [0.2, 0.25) is 0 Å². The summed E-state index contributed by atoms with van der Waals surface area (Å²) in [5.74, 6) is -1.05. The van der Waals surface area contributed by atoms with E-state index in [-0.39, 0.29) is 17.9 Å². The topological polar surface area (TPSA) is 83.5 Å². The van der Waals surface area contributed by atoms with E-state index in [2.05, 4.69) is 6.07 Å². The molecule has 0 aliphatic heterocycles. The fourth-order valence-electron chi connectivity index (χ4n) is 2.38. The quantitative estimate of drug-likeness (QED) is 0.845. The van der Waals surface area contributed by atoms with Gasteiger partial charge in [0.1, 0.15) is 11.5 Å². The van der Waals surface area contributed by atoms with Crippen molar-refractivity contribution in [2.75, 3.05) is 6.61 Å². The highest BCUT2D eigenvalue weighted by molar-refractivity contribution is 5.91. The molecule has 0 saturated carbocycles. The van der Waals surface area contributed by atoms with Gasteiger partial charge in [0.05, 0.1) is 36.3 Å². The summed E-state index contributed by atoms with van der Waals surface area (Å²) in [6, 6.07) is 5.57. The number of aliphatic hydroxyl groups excluding tert-OH is 1. The van der Waals surface area contributed by atoms with Crippen LogP contribution in [0.15, 0.2) is 34.1 Å². The number of furan rings is 1. The summed E-state index contributed by atoms with van der Waals surface area (Å²) in [6.07, 6.45) is 2.29. The number of esters is 1. The van der Waals surface area contributed by atoms with Crippen LogP contribution < -0.4 is 0 Å². The van der Waals surface area contributed by atoms with Gasteiger partial charge in [-0.1, -0.05) is 0 Å². The second kappa shape index (κ2) is 5.61. The summed E-state index contributed by atoms with van der Waals surface area (Å²) in [5, 5.41) is 19.2. The lowest BCUT2D eigenvalue weighted by Gasteiger charge is -2.27. The van der Waals surface area contributed by atoms with E-state index >= 15 is 0 Å². The fraction of sp³-hybridized carbons (Fsp3) is 0.429. The molecular formula is C14H15NO4. The number of nitrogens with zero attached hydrogens (tertiary/aromatic N) is 1. The Morgan fingerprint density at radius 3 is 3.05 bits per heavy atom. The van der Waals surface area contributed by atoms with Gasteiger partial charge >= 0.3 is 5.97 Å². The van der Waals surface area contributed by atoms with Gasteiger partial charge in [0.15, 0.2) is 0 Å². The van der Waals surface area contributed by atoms with Gasteiger partial charge in [-0.2, -0.15) is 5.26 Å². The highest BCUT2D eigenvalue weighted by Gasteiger charge is 2.39. The average molecular weight is 261 g/mol. The molecular weight excluding hydrogens is 246 g/mol. The molecule has 0 spiro atoms. The Kier molecular flexibility index (Phi) is 3.91. The molecule has 1 heterocycles. The third-order valence-electron chi connectivity index (χ3n) is 3.23. The van der Waals surface area contributed by atoms with E-state index in [1.165, 1.54) is 6.26 Å². The number of aliphatic hydroxyl groups is 1. The van der Waals surface area contributed by atoms with Gasteiger partial charge in [0.25, 0.3) is 0 Å². The van der Waals surface area contributed by atoms with Gasteiger partial charge in [0.2, 0.25) is 0 Å². The Morgan fingerprint density at radius 2 is 2.47 bits per heavy atom. The number of allylic oxidation sites excluding steroid dienone is 1. The third-order valence-corrected chi connectivity index (χ3v) is 3.23. The van der Waals surface area contributed by atoms with E-state index in [0.717, 1.165) is 0 Å². The zero-order valence-electron chi connectivity index (χ0n) is 10.6. The first-order valence-corrected chi connectivity index (χ1v) is 6.21. The van der Waals surface area contributed by atoms with Crippen molar-refractivity contribution in [3.8, 4) is 6.07 Å². The van der Waals surface area contributed by atoms with Crippen molar-refractivity contribution >= 4 is 5.97 Å². The van der Waals surface area contributed by atoms with Crippen LogP contribution in [0.25, 0.3) is 0 Å².